The van der Waals surface area contributed by atoms with Crippen LogP contribution >= 0.6 is 11.3 Å². The zero-order chi connectivity index (χ0) is 20.8. The number of hydrogen-bond donors (Lipinski definition) is 1. The molecule has 3 aromatic rings. The van der Waals surface area contributed by atoms with E-state index in [1.54, 1.807) is 18.4 Å². The minimum atomic E-state index is -0.00527. The van der Waals surface area contributed by atoms with E-state index >= 15 is 0 Å². The Morgan fingerprint density at radius 3 is 2.97 bits per heavy atom. The van der Waals surface area contributed by atoms with Crippen LogP contribution in [0.15, 0.2) is 46.3 Å². The Kier molecular flexibility index (Phi) is 6.76. The molecule has 1 aromatic carbocycles. The maximum absolute atomic E-state index is 12.6. The zero-order valence-electron chi connectivity index (χ0n) is 17.0. The second-order valence-corrected chi connectivity index (χ2v) is 8.40. The van der Waals surface area contributed by atoms with Crippen LogP contribution in [-0.4, -0.2) is 47.7 Å². The first-order valence-corrected chi connectivity index (χ1v) is 11.1. The summed E-state index contributed by atoms with van der Waals surface area (Å²) in [5.74, 6) is 2.19. The molecule has 8 heteroatoms. The summed E-state index contributed by atoms with van der Waals surface area (Å²) >= 11 is 1.59. The van der Waals surface area contributed by atoms with Crippen LogP contribution in [0.5, 0.6) is 5.75 Å². The quantitative estimate of drug-likeness (QED) is 0.595. The lowest BCUT2D eigenvalue weighted by atomic mass is 9.97. The van der Waals surface area contributed by atoms with Crippen molar-refractivity contribution in [2.45, 2.75) is 25.8 Å². The number of ether oxygens (including phenoxy) is 1. The van der Waals surface area contributed by atoms with E-state index in [0.29, 0.717) is 31.3 Å². The molecule has 158 valence electrons. The van der Waals surface area contributed by atoms with Crippen molar-refractivity contribution in [1.82, 2.24) is 20.4 Å². The van der Waals surface area contributed by atoms with Crippen LogP contribution in [0.25, 0.3) is 10.7 Å². The van der Waals surface area contributed by atoms with Crippen molar-refractivity contribution in [2.24, 2.45) is 5.92 Å². The van der Waals surface area contributed by atoms with Gasteiger partial charge in [-0.1, -0.05) is 23.4 Å². The number of thiophene rings is 1. The number of amides is 1. The van der Waals surface area contributed by atoms with Gasteiger partial charge in [-0.2, -0.15) is 4.98 Å². The molecular weight excluding hydrogens is 400 g/mol. The van der Waals surface area contributed by atoms with E-state index in [0.717, 1.165) is 36.4 Å². The van der Waals surface area contributed by atoms with Crippen LogP contribution in [0.4, 0.5) is 0 Å². The summed E-state index contributed by atoms with van der Waals surface area (Å²) in [6.07, 6.45) is 2.71. The molecule has 4 rings (SSSR count). The van der Waals surface area contributed by atoms with Gasteiger partial charge in [0, 0.05) is 13.1 Å². The number of methoxy groups -OCH3 is 1. The largest absolute Gasteiger partial charge is 0.497 e. The number of hydrogen-bond acceptors (Lipinski definition) is 7. The van der Waals surface area contributed by atoms with Gasteiger partial charge >= 0.3 is 0 Å². The molecular formula is C22H26N4O3S. The minimum Gasteiger partial charge on any atom is -0.497 e. The Balaban J connectivity index is 1.24. The van der Waals surface area contributed by atoms with Gasteiger partial charge < -0.3 is 14.6 Å². The molecule has 0 spiro atoms. The Morgan fingerprint density at radius 1 is 1.33 bits per heavy atom. The van der Waals surface area contributed by atoms with E-state index in [4.69, 9.17) is 9.26 Å². The second-order valence-electron chi connectivity index (χ2n) is 7.45. The van der Waals surface area contributed by atoms with Crippen LogP contribution in [0.3, 0.4) is 0 Å². The van der Waals surface area contributed by atoms with E-state index in [2.05, 4.69) is 20.4 Å². The average molecular weight is 427 g/mol. The molecule has 1 atom stereocenters. The van der Waals surface area contributed by atoms with Crippen molar-refractivity contribution >= 4 is 17.2 Å². The second kappa shape index (κ2) is 9.86. The number of aromatic nitrogens is 2. The lowest BCUT2D eigenvalue weighted by molar-refractivity contribution is -0.126. The Labute approximate surface area is 180 Å². The summed E-state index contributed by atoms with van der Waals surface area (Å²) in [6, 6.07) is 11.9. The zero-order valence-corrected chi connectivity index (χ0v) is 17.9. The van der Waals surface area contributed by atoms with Crippen molar-refractivity contribution < 1.29 is 14.1 Å². The van der Waals surface area contributed by atoms with Crippen LogP contribution in [-0.2, 0) is 17.8 Å². The van der Waals surface area contributed by atoms with E-state index < -0.39 is 0 Å². The van der Waals surface area contributed by atoms with Crippen molar-refractivity contribution in [2.75, 3.05) is 26.7 Å². The molecule has 1 amide bonds. The molecule has 30 heavy (non-hydrogen) atoms. The van der Waals surface area contributed by atoms with Crippen LogP contribution < -0.4 is 10.1 Å². The molecule has 1 aliphatic heterocycles. The van der Waals surface area contributed by atoms with Crippen molar-refractivity contribution in [3.8, 4) is 16.5 Å². The molecule has 0 saturated carbocycles. The predicted molar refractivity (Wildman–Crippen MR) is 115 cm³/mol. The fourth-order valence-corrected chi connectivity index (χ4v) is 4.35. The number of carbonyl (C=O) groups is 1. The van der Waals surface area contributed by atoms with Crippen LogP contribution in [0.1, 0.15) is 24.3 Å². The summed E-state index contributed by atoms with van der Waals surface area (Å²) in [4.78, 5) is 20.4. The number of rotatable bonds is 8. The van der Waals surface area contributed by atoms with Gasteiger partial charge in [0.1, 0.15) is 5.75 Å². The molecule has 1 aliphatic rings. The van der Waals surface area contributed by atoms with E-state index in [-0.39, 0.29) is 11.8 Å². The van der Waals surface area contributed by atoms with Gasteiger partial charge in [0.15, 0.2) is 0 Å². The number of nitrogens with one attached hydrogen (secondary N) is 1. The molecule has 2 aromatic heterocycles. The van der Waals surface area contributed by atoms with Crippen LogP contribution in [0, 0.1) is 5.92 Å². The molecule has 0 radical (unpaired) electrons. The van der Waals surface area contributed by atoms with Gasteiger partial charge in [0.2, 0.25) is 17.6 Å². The first-order valence-electron chi connectivity index (χ1n) is 10.2. The number of carbonyl (C=O) groups excluding carboxylic acids is 1. The highest BCUT2D eigenvalue weighted by molar-refractivity contribution is 7.13. The van der Waals surface area contributed by atoms with Gasteiger partial charge in [-0.05, 0) is 54.9 Å². The molecule has 1 N–H and O–H groups in total. The fourth-order valence-electron chi connectivity index (χ4n) is 3.70. The van der Waals surface area contributed by atoms with Gasteiger partial charge in [-0.3, -0.25) is 9.69 Å². The summed E-state index contributed by atoms with van der Waals surface area (Å²) in [6.45, 7) is 2.86. The van der Waals surface area contributed by atoms with E-state index in [1.165, 1.54) is 5.56 Å². The Hall–Kier alpha value is -2.71. The molecule has 1 unspecified atom stereocenters. The molecule has 7 nitrogen and oxygen atoms in total. The Bertz CT molecular complexity index is 940. The minimum absolute atomic E-state index is 0.00527. The normalized spacial score (nSPS) is 17.0. The molecule has 3 heterocycles. The fraction of sp³-hybridized carbons (Fsp3) is 0.409. The third-order valence-corrected chi connectivity index (χ3v) is 6.18. The summed E-state index contributed by atoms with van der Waals surface area (Å²) in [5.41, 5.74) is 1.18. The lowest BCUT2D eigenvalue weighted by Crippen LogP contribution is -2.43. The van der Waals surface area contributed by atoms with E-state index in [1.807, 2.05) is 41.8 Å². The number of likely N-dealkylation sites (tertiary alicyclic amines) is 1. The predicted octanol–water partition coefficient (Wildman–Crippen LogP) is 3.38. The molecule has 1 saturated heterocycles. The smallest absolute Gasteiger partial charge is 0.241 e. The molecule has 1 fully saturated rings. The lowest BCUT2D eigenvalue weighted by Gasteiger charge is -2.30. The number of piperidine rings is 1. The number of nitrogens with zero attached hydrogens (tertiary/aromatic N) is 3. The highest BCUT2D eigenvalue weighted by Gasteiger charge is 2.26. The highest BCUT2D eigenvalue weighted by atomic mass is 32.1. The van der Waals surface area contributed by atoms with Gasteiger partial charge in [0.05, 0.1) is 24.4 Å². The third-order valence-electron chi connectivity index (χ3n) is 5.32. The maximum atomic E-state index is 12.6. The number of benzene rings is 1. The van der Waals surface area contributed by atoms with E-state index in [9.17, 15) is 4.79 Å². The Morgan fingerprint density at radius 2 is 2.20 bits per heavy atom. The summed E-state index contributed by atoms with van der Waals surface area (Å²) in [7, 11) is 1.66. The molecule has 0 bridgehead atoms. The highest BCUT2D eigenvalue weighted by Crippen LogP contribution is 2.23. The average Bonchev–Trinajstić information content (AvgIpc) is 3.46. The van der Waals surface area contributed by atoms with Gasteiger partial charge in [-0.25, -0.2) is 0 Å². The third kappa shape index (κ3) is 5.25. The van der Waals surface area contributed by atoms with Crippen molar-refractivity contribution in [1.29, 1.82) is 0 Å². The SMILES string of the molecule is COc1ccc(CCNC(=O)C2CCCN(Cc3nc(-c4cccs4)no3)C2)cc1. The standard InChI is InChI=1S/C22H26N4O3S/c1-28-18-8-6-16(7-9-18)10-11-23-22(27)17-4-2-12-26(14-17)15-20-24-21(25-29-20)19-5-3-13-30-19/h3,5-9,13,17H,2,4,10-12,14-15H2,1H3,(H,23,27). The topological polar surface area (TPSA) is 80.5 Å². The van der Waals surface area contributed by atoms with Crippen LogP contribution in [0.2, 0.25) is 0 Å². The monoisotopic (exact) mass is 426 g/mol. The maximum Gasteiger partial charge on any atom is 0.241 e. The van der Waals surface area contributed by atoms with Crippen molar-refractivity contribution in [3.63, 3.8) is 0 Å². The van der Waals surface area contributed by atoms with Gasteiger partial charge in [0.25, 0.3) is 0 Å². The summed E-state index contributed by atoms with van der Waals surface area (Å²) in [5, 5.41) is 9.15. The molecule has 0 aliphatic carbocycles. The first-order chi connectivity index (χ1) is 14.7. The summed E-state index contributed by atoms with van der Waals surface area (Å²) < 4.78 is 10.6. The van der Waals surface area contributed by atoms with Gasteiger partial charge in [-0.15, -0.1) is 11.3 Å². The first kappa shape index (κ1) is 20.6. The van der Waals surface area contributed by atoms with Crippen molar-refractivity contribution in [3.05, 3.63) is 53.2 Å².